The maximum atomic E-state index is 13.6. The summed E-state index contributed by atoms with van der Waals surface area (Å²) in [4.78, 5) is 39.8. The summed E-state index contributed by atoms with van der Waals surface area (Å²) < 4.78 is 24.9. The zero-order chi connectivity index (χ0) is 28.7. The maximum Gasteiger partial charge on any atom is 0.336 e. The first-order valence-electron chi connectivity index (χ1n) is 12.2. The summed E-state index contributed by atoms with van der Waals surface area (Å²) in [5, 5.41) is 29.3. The number of nitrogen functional groups attached to an aromatic ring is 1. The Hall–Kier alpha value is -3.53. The number of nitrogens with two attached hydrogens (primary N) is 1. The van der Waals surface area contributed by atoms with Gasteiger partial charge in [0, 0.05) is 25.7 Å². The molecule has 1 heterocycles. The van der Waals surface area contributed by atoms with Gasteiger partial charge in [0.15, 0.2) is 5.60 Å². The smallest absolute Gasteiger partial charge is 0.336 e. The number of nitrogens with zero attached hydrogens (tertiary/aromatic N) is 2. The van der Waals surface area contributed by atoms with E-state index in [0.717, 1.165) is 10.5 Å². The first kappa shape index (κ1) is 35.5. The third-order valence-corrected chi connectivity index (χ3v) is 6.51. The summed E-state index contributed by atoms with van der Waals surface area (Å²) >= 11 is 6.25. The quantitative estimate of drug-likeness (QED) is 0.248. The van der Waals surface area contributed by atoms with Gasteiger partial charge < -0.3 is 46.4 Å². The second-order valence-corrected chi connectivity index (χ2v) is 9.62. The van der Waals surface area contributed by atoms with Gasteiger partial charge in [-0.15, -0.1) is 0 Å². The molecule has 2 atom stereocenters. The number of halogens is 2. The SMILES string of the molecule is CCOc1cc(N)c(Cl)cc1N(CC1CN(Cc2ccc(F)cc2)CCO1)C(=O)CC(O)(CC(=O)O)C(=O)O.O.O. The van der Waals surface area contributed by atoms with Crippen molar-refractivity contribution in [2.24, 2.45) is 0 Å². The molecular weight excluding hydrogens is 569 g/mol. The average molecular weight is 604 g/mol. The Morgan fingerprint density at radius 3 is 2.44 bits per heavy atom. The minimum atomic E-state index is -2.85. The molecule has 228 valence electrons. The van der Waals surface area contributed by atoms with E-state index in [1.165, 1.54) is 24.3 Å². The highest BCUT2D eigenvalue weighted by Gasteiger charge is 2.43. The van der Waals surface area contributed by atoms with E-state index in [2.05, 4.69) is 4.90 Å². The fourth-order valence-electron chi connectivity index (χ4n) is 4.27. The molecule has 0 aromatic heterocycles. The molecule has 2 aromatic carbocycles. The van der Waals surface area contributed by atoms with E-state index in [4.69, 9.17) is 31.9 Å². The van der Waals surface area contributed by atoms with Crippen LogP contribution in [0.5, 0.6) is 5.75 Å². The van der Waals surface area contributed by atoms with Gasteiger partial charge in [0.1, 0.15) is 11.6 Å². The first-order valence-corrected chi connectivity index (χ1v) is 12.6. The fraction of sp³-hybridized carbons (Fsp3) is 0.423. The second kappa shape index (κ2) is 15.5. The van der Waals surface area contributed by atoms with E-state index in [1.54, 1.807) is 19.1 Å². The molecule has 0 aliphatic carbocycles. The van der Waals surface area contributed by atoms with E-state index in [0.29, 0.717) is 26.2 Å². The van der Waals surface area contributed by atoms with Crippen molar-refractivity contribution >= 4 is 40.8 Å². The predicted octanol–water partition coefficient (Wildman–Crippen LogP) is 0.725. The number of carbonyl (C=O) groups is 3. The van der Waals surface area contributed by atoms with Crippen LogP contribution >= 0.6 is 11.6 Å². The molecule has 41 heavy (non-hydrogen) atoms. The first-order chi connectivity index (χ1) is 18.4. The number of carbonyl (C=O) groups excluding carboxylic acids is 1. The number of amides is 1. The van der Waals surface area contributed by atoms with Gasteiger partial charge in [0.05, 0.1) is 55.1 Å². The van der Waals surface area contributed by atoms with E-state index in [9.17, 15) is 29.0 Å². The molecule has 0 spiro atoms. The Bertz CT molecular complexity index is 1200. The summed E-state index contributed by atoms with van der Waals surface area (Å²) in [7, 11) is 0. The molecular formula is C26H35ClFN3O10. The summed E-state index contributed by atoms with van der Waals surface area (Å²) in [6.07, 6.45) is -2.78. The number of benzene rings is 2. The predicted molar refractivity (Wildman–Crippen MR) is 147 cm³/mol. The number of anilines is 2. The Morgan fingerprint density at radius 2 is 1.85 bits per heavy atom. The summed E-state index contributed by atoms with van der Waals surface area (Å²) in [6, 6.07) is 8.90. The number of carboxylic acids is 2. The Kier molecular flexibility index (Phi) is 13.4. The van der Waals surface area contributed by atoms with Crippen molar-refractivity contribution in [1.82, 2.24) is 4.90 Å². The molecule has 1 aliphatic heterocycles. The van der Waals surface area contributed by atoms with Crippen LogP contribution in [-0.4, -0.2) is 93.6 Å². The van der Waals surface area contributed by atoms with Gasteiger partial charge in [-0.05, 0) is 30.7 Å². The van der Waals surface area contributed by atoms with Gasteiger partial charge in [-0.3, -0.25) is 14.5 Å². The Labute approximate surface area is 240 Å². The van der Waals surface area contributed by atoms with E-state index >= 15 is 0 Å². The minimum absolute atomic E-state index is 0. The van der Waals surface area contributed by atoms with Gasteiger partial charge in [-0.1, -0.05) is 23.7 Å². The van der Waals surface area contributed by atoms with Crippen molar-refractivity contribution in [1.29, 1.82) is 0 Å². The Balaban J connectivity index is 0.00000420. The summed E-state index contributed by atoms with van der Waals surface area (Å²) in [6.45, 7) is 3.61. The molecule has 0 saturated carbocycles. The van der Waals surface area contributed by atoms with Crippen molar-refractivity contribution in [3.63, 3.8) is 0 Å². The van der Waals surface area contributed by atoms with Crippen LogP contribution in [0, 0.1) is 5.82 Å². The van der Waals surface area contributed by atoms with Gasteiger partial charge in [0.25, 0.3) is 0 Å². The lowest BCUT2D eigenvalue weighted by Crippen LogP contribution is -2.51. The fourth-order valence-corrected chi connectivity index (χ4v) is 4.43. The normalized spacial score (nSPS) is 16.4. The summed E-state index contributed by atoms with van der Waals surface area (Å²) in [5.41, 5.74) is 4.29. The molecule has 1 aliphatic rings. The molecule has 2 unspecified atom stereocenters. The molecule has 1 fully saturated rings. The van der Waals surface area contributed by atoms with Gasteiger partial charge >= 0.3 is 11.9 Å². The van der Waals surface area contributed by atoms with Crippen LogP contribution in [0.1, 0.15) is 25.3 Å². The van der Waals surface area contributed by atoms with Crippen LogP contribution in [0.15, 0.2) is 36.4 Å². The lowest BCUT2D eigenvalue weighted by atomic mass is 9.94. The van der Waals surface area contributed by atoms with Crippen molar-refractivity contribution in [2.75, 3.05) is 43.5 Å². The van der Waals surface area contributed by atoms with Crippen molar-refractivity contribution < 1.29 is 54.5 Å². The topological polar surface area (TPSA) is 226 Å². The van der Waals surface area contributed by atoms with Gasteiger partial charge in [-0.2, -0.15) is 0 Å². The highest BCUT2D eigenvalue weighted by atomic mass is 35.5. The number of hydrogen-bond donors (Lipinski definition) is 4. The zero-order valence-electron chi connectivity index (χ0n) is 22.3. The molecule has 15 heteroatoms. The maximum absolute atomic E-state index is 13.6. The average Bonchev–Trinajstić information content (AvgIpc) is 2.86. The minimum Gasteiger partial charge on any atom is -0.492 e. The number of rotatable bonds is 12. The second-order valence-electron chi connectivity index (χ2n) is 9.22. The van der Waals surface area contributed by atoms with E-state index in [1.807, 2.05) is 0 Å². The van der Waals surface area contributed by atoms with Crippen LogP contribution in [0.4, 0.5) is 15.8 Å². The lowest BCUT2D eigenvalue weighted by molar-refractivity contribution is -0.167. The van der Waals surface area contributed by atoms with E-state index < -0.39 is 42.4 Å². The van der Waals surface area contributed by atoms with Crippen LogP contribution in [0.25, 0.3) is 0 Å². The van der Waals surface area contributed by atoms with E-state index in [-0.39, 0.29) is 52.1 Å². The van der Waals surface area contributed by atoms with Gasteiger partial charge in [-0.25, -0.2) is 9.18 Å². The molecule has 9 N–H and O–H groups in total. The molecule has 1 saturated heterocycles. The van der Waals surface area contributed by atoms with Crippen molar-refractivity contribution in [3.8, 4) is 5.75 Å². The zero-order valence-corrected chi connectivity index (χ0v) is 23.1. The third-order valence-electron chi connectivity index (χ3n) is 6.18. The number of hydrogen-bond acceptors (Lipinski definition) is 8. The highest BCUT2D eigenvalue weighted by Crippen LogP contribution is 2.37. The lowest BCUT2D eigenvalue weighted by Gasteiger charge is -2.37. The molecule has 0 bridgehead atoms. The van der Waals surface area contributed by atoms with Crippen molar-refractivity contribution in [2.45, 2.75) is 38.0 Å². The standard InChI is InChI=1S/C26H31ClFN3O8.2H2O/c1-2-38-22-10-20(29)19(27)9-21(22)31(23(32)11-26(37,25(35)36)12-24(33)34)15-18-14-30(7-8-39-18)13-16-3-5-17(28)6-4-16;;/h3-6,9-10,18,37H,2,7-8,11-15,29H2,1H3,(H,33,34)(H,35,36);2*1H2. The molecule has 2 aromatic rings. The largest absolute Gasteiger partial charge is 0.492 e. The van der Waals surface area contributed by atoms with Crippen LogP contribution in [0.3, 0.4) is 0 Å². The number of aliphatic carboxylic acids is 2. The van der Waals surface area contributed by atoms with Crippen LogP contribution in [0.2, 0.25) is 5.02 Å². The number of ether oxygens (including phenoxy) is 2. The third kappa shape index (κ3) is 9.52. The summed E-state index contributed by atoms with van der Waals surface area (Å²) in [5.74, 6) is -4.48. The van der Waals surface area contributed by atoms with Gasteiger partial charge in [0.2, 0.25) is 5.91 Å². The number of morpholine rings is 1. The van der Waals surface area contributed by atoms with Crippen LogP contribution in [-0.2, 0) is 25.7 Å². The molecule has 13 nitrogen and oxygen atoms in total. The molecule has 1 amide bonds. The molecule has 0 radical (unpaired) electrons. The number of aliphatic hydroxyl groups is 1. The highest BCUT2D eigenvalue weighted by molar-refractivity contribution is 6.33. The number of carboxylic acid groups (broad SMARTS) is 2. The van der Waals surface area contributed by atoms with Crippen LogP contribution < -0.4 is 15.4 Å². The Morgan fingerprint density at radius 1 is 1.20 bits per heavy atom. The monoisotopic (exact) mass is 603 g/mol. The molecule has 3 rings (SSSR count). The van der Waals surface area contributed by atoms with Crippen molar-refractivity contribution in [3.05, 3.63) is 52.8 Å².